The number of ether oxygens (including phenoxy) is 2. The average molecular weight is 512 g/mol. The van der Waals surface area contributed by atoms with Gasteiger partial charge in [-0.25, -0.2) is 0 Å². The molecule has 0 saturated carbocycles. The Morgan fingerprint density at radius 2 is 1.81 bits per heavy atom. The van der Waals surface area contributed by atoms with Crippen LogP contribution in [0.1, 0.15) is 70.6 Å². The highest BCUT2D eigenvalue weighted by molar-refractivity contribution is 7.09. The van der Waals surface area contributed by atoms with E-state index in [-0.39, 0.29) is 35.3 Å². The number of carbonyl (C=O) groups excluding carboxylic acids is 1. The first-order valence-electron chi connectivity index (χ1n) is 12.2. The molecule has 1 aromatic heterocycles. The highest BCUT2D eigenvalue weighted by Gasteiger charge is 2.44. The Hall–Kier alpha value is -3.26. The van der Waals surface area contributed by atoms with Crippen molar-refractivity contribution in [3.05, 3.63) is 66.6 Å². The number of H-pyrrole nitrogens is 1. The summed E-state index contributed by atoms with van der Waals surface area (Å²) in [5, 5.41) is 20.3. The second-order valence-corrected chi connectivity index (χ2v) is 11.0. The van der Waals surface area contributed by atoms with E-state index in [4.69, 9.17) is 9.47 Å². The van der Waals surface area contributed by atoms with E-state index in [0.29, 0.717) is 51.8 Å². The van der Waals surface area contributed by atoms with E-state index >= 15 is 0 Å². The minimum atomic E-state index is -0.818. The van der Waals surface area contributed by atoms with Crippen molar-refractivity contribution in [2.24, 2.45) is 5.92 Å². The van der Waals surface area contributed by atoms with Gasteiger partial charge in [0.05, 0.1) is 16.9 Å². The number of nitrogens with one attached hydrogen (secondary N) is 1. The maximum atomic E-state index is 13.4. The maximum absolute atomic E-state index is 13.4. The quantitative estimate of drug-likeness (QED) is 0.364. The van der Waals surface area contributed by atoms with E-state index in [1.807, 2.05) is 38.1 Å². The van der Waals surface area contributed by atoms with Gasteiger partial charge in [0.1, 0.15) is 23.9 Å². The number of aromatic amines is 1. The lowest BCUT2D eigenvalue weighted by Crippen LogP contribution is -2.48. The number of phenolic OH excluding ortho intramolecular Hbond substituents is 1. The minimum Gasteiger partial charge on any atom is -0.507 e. The Morgan fingerprint density at radius 3 is 2.42 bits per heavy atom. The van der Waals surface area contributed by atoms with Gasteiger partial charge < -0.3 is 19.7 Å². The molecule has 7 nitrogen and oxygen atoms in total. The van der Waals surface area contributed by atoms with Crippen LogP contribution in [0.2, 0.25) is 0 Å². The second kappa shape index (κ2) is 10.0. The van der Waals surface area contributed by atoms with Gasteiger partial charge in [0.25, 0.3) is 0 Å². The average Bonchev–Trinajstić information content (AvgIpc) is 3.16. The molecule has 0 amide bonds. The number of hydrogen-bond acceptors (Lipinski definition) is 7. The Morgan fingerprint density at radius 1 is 1.11 bits per heavy atom. The van der Waals surface area contributed by atoms with E-state index in [1.54, 1.807) is 6.92 Å². The van der Waals surface area contributed by atoms with Crippen LogP contribution in [0.5, 0.6) is 23.1 Å². The van der Waals surface area contributed by atoms with E-state index in [9.17, 15) is 19.8 Å². The van der Waals surface area contributed by atoms with E-state index < -0.39 is 5.60 Å². The maximum Gasteiger partial charge on any atom is 0.307 e. The molecule has 36 heavy (non-hydrogen) atoms. The summed E-state index contributed by atoms with van der Waals surface area (Å²) in [6.07, 6.45) is 2.23. The summed E-state index contributed by atoms with van der Waals surface area (Å²) in [6, 6.07) is 7.47. The van der Waals surface area contributed by atoms with Crippen LogP contribution >= 0.6 is 11.3 Å². The van der Waals surface area contributed by atoms with Crippen molar-refractivity contribution in [3.63, 3.8) is 0 Å². The van der Waals surface area contributed by atoms with Crippen molar-refractivity contribution in [3.8, 4) is 23.1 Å². The lowest BCUT2D eigenvalue weighted by Gasteiger charge is -2.40. The van der Waals surface area contributed by atoms with Gasteiger partial charge in [-0.1, -0.05) is 43.7 Å². The number of ketones is 1. The highest BCUT2D eigenvalue weighted by atomic mass is 32.1. The van der Waals surface area contributed by atoms with Gasteiger partial charge in [0.2, 0.25) is 5.88 Å². The Labute approximate surface area is 214 Å². The fraction of sp³-hybridized carbons (Fsp3) is 0.429. The molecule has 1 aliphatic heterocycles. The first-order valence-corrected chi connectivity index (χ1v) is 13.0. The fourth-order valence-corrected chi connectivity index (χ4v) is 5.57. The summed E-state index contributed by atoms with van der Waals surface area (Å²) in [5.41, 5.74) is 2.63. The van der Waals surface area contributed by atoms with Crippen LogP contribution in [-0.4, -0.2) is 33.2 Å². The van der Waals surface area contributed by atoms with Crippen molar-refractivity contribution in [1.29, 1.82) is 0 Å². The normalized spacial score (nSPS) is 18.0. The van der Waals surface area contributed by atoms with Gasteiger partial charge in [-0.15, -0.1) is 0 Å². The molecular weight excluding hydrogens is 478 g/mol. The number of aromatic hydroxyl groups is 2. The van der Waals surface area contributed by atoms with Gasteiger partial charge >= 0.3 is 4.87 Å². The Bertz CT molecular complexity index is 1340. The first kappa shape index (κ1) is 25.8. The molecule has 4 rings (SSSR count). The lowest BCUT2D eigenvalue weighted by molar-refractivity contribution is -0.0116. The summed E-state index contributed by atoms with van der Waals surface area (Å²) in [5.74, 6) is 1.53. The zero-order valence-corrected chi connectivity index (χ0v) is 22.2. The van der Waals surface area contributed by atoms with Gasteiger partial charge in [0.15, 0.2) is 11.4 Å². The van der Waals surface area contributed by atoms with E-state index in [1.165, 1.54) is 0 Å². The van der Waals surface area contributed by atoms with E-state index in [2.05, 4.69) is 18.8 Å². The molecule has 2 atom stereocenters. The predicted molar refractivity (Wildman–Crippen MR) is 140 cm³/mol. The Kier molecular flexibility index (Phi) is 7.18. The fourth-order valence-electron chi connectivity index (χ4n) is 4.81. The van der Waals surface area contributed by atoms with Crippen molar-refractivity contribution in [2.75, 3.05) is 6.61 Å². The molecule has 3 aromatic rings. The van der Waals surface area contributed by atoms with Gasteiger partial charge in [-0.2, -0.15) is 0 Å². The van der Waals surface area contributed by atoms with Crippen molar-refractivity contribution < 1.29 is 24.5 Å². The van der Waals surface area contributed by atoms with Crippen LogP contribution in [-0.2, 0) is 6.42 Å². The molecular formula is C28H33NO6S. The van der Waals surface area contributed by atoms with E-state index in [0.717, 1.165) is 28.9 Å². The first-order chi connectivity index (χ1) is 17.0. The highest BCUT2D eigenvalue weighted by Crippen LogP contribution is 2.45. The molecule has 2 unspecified atom stereocenters. The predicted octanol–water partition coefficient (Wildman–Crippen LogP) is 5.58. The molecule has 2 aromatic carbocycles. The summed E-state index contributed by atoms with van der Waals surface area (Å²) < 4.78 is 12.8. The number of rotatable bonds is 8. The van der Waals surface area contributed by atoms with Gasteiger partial charge in [-0.3, -0.25) is 14.6 Å². The summed E-state index contributed by atoms with van der Waals surface area (Å²) in [4.78, 5) is 27.5. The molecule has 0 saturated heterocycles. The molecule has 2 heterocycles. The number of thiazole rings is 1. The third-order valence-corrected chi connectivity index (χ3v) is 8.08. The lowest BCUT2D eigenvalue weighted by atomic mass is 9.80. The van der Waals surface area contributed by atoms with Crippen LogP contribution in [0.15, 0.2) is 29.1 Å². The molecule has 0 fully saturated rings. The number of fused-ring (bicyclic) bond motifs is 1. The number of hydrogen-bond donors (Lipinski definition) is 3. The molecule has 0 bridgehead atoms. The van der Waals surface area contributed by atoms with Crippen LogP contribution in [0.3, 0.4) is 0 Å². The van der Waals surface area contributed by atoms with Crippen molar-refractivity contribution in [1.82, 2.24) is 4.98 Å². The molecule has 0 aliphatic carbocycles. The van der Waals surface area contributed by atoms with Crippen LogP contribution < -0.4 is 14.3 Å². The number of benzene rings is 2. The topological polar surface area (TPSA) is 109 Å². The molecule has 192 valence electrons. The second-order valence-electron chi connectivity index (χ2n) is 9.93. The standard InChI is InChI=1S/C28H33NO6S/c1-6-15(2)12-28(13-21(30)23-18(5)24(31)16(3)17(4)25(23)35-28)14-34-20-9-7-19(8-10-20)11-22-26(32)29-27(33)36-22/h7-10,15,31-32H,6,11-14H2,1-5H3,(H,29,33). The van der Waals surface area contributed by atoms with Crippen molar-refractivity contribution in [2.45, 2.75) is 65.9 Å². The minimum absolute atomic E-state index is 0.0419. The van der Waals surface area contributed by atoms with Gasteiger partial charge in [-0.05, 0) is 61.9 Å². The van der Waals surface area contributed by atoms with Gasteiger partial charge in [0, 0.05) is 12.0 Å². The molecule has 0 spiro atoms. The Balaban J connectivity index is 1.57. The number of carbonyl (C=O) groups is 1. The molecule has 1 aliphatic rings. The number of aromatic nitrogens is 1. The zero-order chi connectivity index (χ0) is 26.2. The number of phenols is 1. The largest absolute Gasteiger partial charge is 0.507 e. The smallest absolute Gasteiger partial charge is 0.307 e. The molecule has 0 radical (unpaired) electrons. The SMILES string of the molecule is CCC(C)CC1(COc2ccc(Cc3sc(=O)[nH]c3O)cc2)CC(=O)c2c(C)c(O)c(C)c(C)c2O1. The summed E-state index contributed by atoms with van der Waals surface area (Å²) in [6.45, 7) is 9.94. The molecule has 8 heteroatoms. The third-order valence-electron chi connectivity index (χ3n) is 7.20. The molecule has 3 N–H and O–H groups in total. The van der Waals surface area contributed by atoms with Crippen LogP contribution in [0.4, 0.5) is 0 Å². The third kappa shape index (κ3) is 5.00. The van der Waals surface area contributed by atoms with Crippen LogP contribution in [0.25, 0.3) is 0 Å². The summed E-state index contributed by atoms with van der Waals surface area (Å²) in [7, 11) is 0. The van der Waals surface area contributed by atoms with Crippen molar-refractivity contribution >= 4 is 17.1 Å². The monoisotopic (exact) mass is 511 g/mol. The number of Topliss-reactive ketones (excluding diaryl/α,β-unsaturated/α-hetero) is 1. The van der Waals surface area contributed by atoms with Crippen LogP contribution in [0, 0.1) is 26.7 Å². The zero-order valence-electron chi connectivity index (χ0n) is 21.4. The summed E-state index contributed by atoms with van der Waals surface area (Å²) >= 11 is 0.992.